The van der Waals surface area contributed by atoms with Crippen LogP contribution in [0.15, 0.2) is 48.5 Å². The monoisotopic (exact) mass is 328 g/mol. The summed E-state index contributed by atoms with van der Waals surface area (Å²) in [6.45, 7) is 3.94. The van der Waals surface area contributed by atoms with E-state index in [2.05, 4.69) is 0 Å². The van der Waals surface area contributed by atoms with E-state index in [1.165, 1.54) is 0 Å². The van der Waals surface area contributed by atoms with Crippen molar-refractivity contribution in [2.75, 3.05) is 13.2 Å². The highest BCUT2D eigenvalue weighted by Gasteiger charge is 2.23. The summed E-state index contributed by atoms with van der Waals surface area (Å²) >= 11 is 0. The van der Waals surface area contributed by atoms with Gasteiger partial charge in [0, 0.05) is 12.0 Å². The molecule has 0 saturated heterocycles. The topological polar surface area (TPSA) is 90.2 Å². The summed E-state index contributed by atoms with van der Waals surface area (Å²) in [7, 11) is -2.52. The van der Waals surface area contributed by atoms with Crippen LogP contribution in [0.5, 0.6) is 0 Å². The molecule has 0 spiro atoms. The second-order valence-corrected chi connectivity index (χ2v) is 6.60. The molecule has 0 amide bonds. The largest absolute Gasteiger partial charge is 0.491 e. The second-order valence-electron chi connectivity index (χ2n) is 6.60. The van der Waals surface area contributed by atoms with Gasteiger partial charge in [-0.05, 0) is 22.1 Å². The van der Waals surface area contributed by atoms with Crippen LogP contribution in [-0.4, -0.2) is 47.6 Å². The molecule has 0 heterocycles. The molecule has 5 nitrogen and oxygen atoms in total. The number of hydrogen-bond acceptors (Lipinski definition) is 5. The van der Waals surface area contributed by atoms with Gasteiger partial charge in [0.2, 0.25) is 0 Å². The van der Waals surface area contributed by atoms with E-state index in [0.29, 0.717) is 10.9 Å². The fourth-order valence-corrected chi connectivity index (χ4v) is 2.13. The summed E-state index contributed by atoms with van der Waals surface area (Å²) in [4.78, 5) is 0. The third kappa shape index (κ3) is 4.93. The average molecular weight is 328 g/mol. The molecule has 0 aliphatic carbocycles. The molecule has 0 saturated carbocycles. The molecule has 0 unspecified atom stereocenters. The van der Waals surface area contributed by atoms with Crippen molar-refractivity contribution >= 4 is 25.2 Å². The Hall–Kier alpha value is -1.63. The first-order valence-corrected chi connectivity index (χ1v) is 7.79. The number of aliphatic hydroxyl groups is 1. The molecule has 24 heavy (non-hydrogen) atoms. The minimum Gasteiger partial charge on any atom is -0.423 e. The van der Waals surface area contributed by atoms with Crippen molar-refractivity contribution in [3.63, 3.8) is 0 Å². The van der Waals surface area contributed by atoms with Crippen molar-refractivity contribution < 1.29 is 24.8 Å². The zero-order valence-corrected chi connectivity index (χ0v) is 13.9. The van der Waals surface area contributed by atoms with Gasteiger partial charge in [0.05, 0.1) is 6.61 Å². The molecule has 2 rings (SSSR count). The van der Waals surface area contributed by atoms with Crippen LogP contribution in [0.25, 0.3) is 11.1 Å². The van der Waals surface area contributed by atoms with Crippen molar-refractivity contribution in [2.45, 2.75) is 13.8 Å². The third-order valence-corrected chi connectivity index (χ3v) is 3.80. The third-order valence-electron chi connectivity index (χ3n) is 3.80. The Morgan fingerprint density at radius 3 is 1.71 bits per heavy atom. The maximum atomic E-state index is 10.1. The normalized spacial score (nSPS) is 11.4. The van der Waals surface area contributed by atoms with Gasteiger partial charge in [0.25, 0.3) is 0 Å². The smallest absolute Gasteiger partial charge is 0.423 e. The van der Waals surface area contributed by atoms with Gasteiger partial charge < -0.3 is 24.8 Å². The van der Waals surface area contributed by atoms with Crippen LogP contribution < -0.4 is 10.9 Å². The lowest BCUT2D eigenvalue weighted by atomic mass is 9.78. The van der Waals surface area contributed by atoms with Gasteiger partial charge in [-0.1, -0.05) is 62.4 Å². The standard InChI is InChI=1S/C17H22B2O5/c1-17(2,11-20)12-24-19(23)16-9-5-14(6-10-16)13-3-7-15(8-4-13)18(21)22/h3-10,20-23H,11-12H2,1-2H3. The molecule has 0 aliphatic rings. The number of hydrogen-bond donors (Lipinski definition) is 4. The Balaban J connectivity index is 2.04. The van der Waals surface area contributed by atoms with Crippen LogP contribution in [0.4, 0.5) is 0 Å². The number of benzene rings is 2. The highest BCUT2D eigenvalue weighted by Crippen LogP contribution is 2.17. The van der Waals surface area contributed by atoms with E-state index >= 15 is 0 Å². The van der Waals surface area contributed by atoms with Gasteiger partial charge in [0.1, 0.15) is 0 Å². The van der Waals surface area contributed by atoms with Crippen LogP contribution in [0.2, 0.25) is 0 Å². The minimum absolute atomic E-state index is 0.0167. The predicted molar refractivity (Wildman–Crippen MR) is 96.1 cm³/mol. The van der Waals surface area contributed by atoms with Gasteiger partial charge >= 0.3 is 14.2 Å². The van der Waals surface area contributed by atoms with Gasteiger partial charge in [0.15, 0.2) is 0 Å². The summed E-state index contributed by atoms with van der Waals surface area (Å²) < 4.78 is 5.41. The molecule has 2 aromatic carbocycles. The van der Waals surface area contributed by atoms with Crippen LogP contribution in [0.1, 0.15) is 13.8 Å². The maximum Gasteiger partial charge on any atom is 0.491 e. The molecule has 0 radical (unpaired) electrons. The summed E-state index contributed by atoms with van der Waals surface area (Å²) in [5.74, 6) is 0. The van der Waals surface area contributed by atoms with Crippen LogP contribution in [0, 0.1) is 5.41 Å². The fraction of sp³-hybridized carbons (Fsp3) is 0.294. The lowest BCUT2D eigenvalue weighted by Crippen LogP contribution is -2.37. The summed E-state index contributed by atoms with van der Waals surface area (Å²) in [5.41, 5.74) is 2.55. The zero-order valence-electron chi connectivity index (χ0n) is 13.9. The Bertz CT molecular complexity index is 641. The zero-order chi connectivity index (χ0) is 17.7. The molecule has 4 N–H and O–H groups in total. The van der Waals surface area contributed by atoms with Crippen LogP contribution >= 0.6 is 0 Å². The van der Waals surface area contributed by atoms with E-state index in [4.69, 9.17) is 14.7 Å². The second kappa shape index (κ2) is 7.96. The number of rotatable bonds is 7. The quantitative estimate of drug-likeness (QED) is 0.527. The van der Waals surface area contributed by atoms with E-state index in [1.54, 1.807) is 36.4 Å². The first-order valence-electron chi connectivity index (χ1n) is 7.79. The van der Waals surface area contributed by atoms with Crippen LogP contribution in [-0.2, 0) is 4.65 Å². The Kier molecular flexibility index (Phi) is 6.21. The predicted octanol–water partition coefficient (Wildman–Crippen LogP) is -0.244. The molecular formula is C17H22B2O5. The lowest BCUT2D eigenvalue weighted by Gasteiger charge is -2.22. The van der Waals surface area contributed by atoms with E-state index in [1.807, 2.05) is 26.0 Å². The van der Waals surface area contributed by atoms with E-state index < -0.39 is 19.7 Å². The van der Waals surface area contributed by atoms with Crippen LogP contribution in [0.3, 0.4) is 0 Å². The van der Waals surface area contributed by atoms with Crippen molar-refractivity contribution in [3.05, 3.63) is 48.5 Å². The first-order chi connectivity index (χ1) is 11.3. The lowest BCUT2D eigenvalue weighted by molar-refractivity contribution is 0.0886. The van der Waals surface area contributed by atoms with Gasteiger partial charge in [-0.15, -0.1) is 0 Å². The van der Waals surface area contributed by atoms with Crippen molar-refractivity contribution in [1.29, 1.82) is 0 Å². The van der Waals surface area contributed by atoms with Gasteiger partial charge in [-0.25, -0.2) is 0 Å². The number of aliphatic hydroxyl groups excluding tert-OH is 1. The van der Waals surface area contributed by atoms with Gasteiger partial charge in [-0.2, -0.15) is 0 Å². The molecular weight excluding hydrogens is 306 g/mol. The Labute approximate surface area is 142 Å². The average Bonchev–Trinajstić information content (AvgIpc) is 2.60. The SMILES string of the molecule is CC(C)(CO)COB(O)c1ccc(-c2ccc(B(O)O)cc2)cc1. The molecule has 0 aliphatic heterocycles. The van der Waals surface area contributed by atoms with Gasteiger partial charge in [-0.3, -0.25) is 0 Å². The molecule has 0 atom stereocenters. The van der Waals surface area contributed by atoms with Crippen molar-refractivity contribution in [2.24, 2.45) is 5.41 Å². The Morgan fingerprint density at radius 2 is 1.29 bits per heavy atom. The van der Waals surface area contributed by atoms with Crippen molar-refractivity contribution in [1.82, 2.24) is 0 Å². The molecule has 0 aromatic heterocycles. The molecule has 0 bridgehead atoms. The van der Waals surface area contributed by atoms with E-state index in [9.17, 15) is 10.1 Å². The fourth-order valence-electron chi connectivity index (χ4n) is 2.13. The first kappa shape index (κ1) is 18.7. The minimum atomic E-state index is -1.48. The van der Waals surface area contributed by atoms with E-state index in [0.717, 1.165) is 11.1 Å². The summed E-state index contributed by atoms with van der Waals surface area (Å²) in [5, 5.41) is 37.5. The maximum absolute atomic E-state index is 10.1. The van der Waals surface area contributed by atoms with Crippen molar-refractivity contribution in [3.8, 4) is 11.1 Å². The summed E-state index contributed by atoms with van der Waals surface area (Å²) in [6.07, 6.45) is 0. The van der Waals surface area contributed by atoms with E-state index in [-0.39, 0.29) is 13.2 Å². The molecule has 126 valence electrons. The highest BCUT2D eigenvalue weighted by molar-refractivity contribution is 6.60. The summed E-state index contributed by atoms with van der Waals surface area (Å²) in [6, 6.07) is 14.2. The highest BCUT2D eigenvalue weighted by atomic mass is 16.5. The molecule has 0 fully saturated rings. The molecule has 7 heteroatoms. The Morgan fingerprint density at radius 1 is 0.833 bits per heavy atom. The molecule has 2 aromatic rings.